The second kappa shape index (κ2) is 9.12. The average molecular weight is 395 g/mol. The van der Waals surface area contributed by atoms with Gasteiger partial charge in [-0.3, -0.25) is 9.59 Å². The minimum absolute atomic E-state index is 0.0160. The first-order chi connectivity index (χ1) is 13.8. The number of amides is 2. The van der Waals surface area contributed by atoms with Crippen LogP contribution in [-0.4, -0.2) is 42.5 Å². The summed E-state index contributed by atoms with van der Waals surface area (Å²) >= 11 is 0. The lowest BCUT2D eigenvalue weighted by molar-refractivity contribution is -0.134. The standard InChI is InChI=1S/C24H30N2O3/c1-24(2,3)19-9-11-21(12-10-19)29-17-22(27)26-15-13-20(14-16-26)25-23(28)18-7-5-4-6-8-18/h4-12,20H,13-17H2,1-3H3,(H,25,28). The van der Waals surface area contributed by atoms with Gasteiger partial charge in [0.05, 0.1) is 0 Å². The Hall–Kier alpha value is -2.82. The minimum Gasteiger partial charge on any atom is -0.484 e. The smallest absolute Gasteiger partial charge is 0.260 e. The fraction of sp³-hybridized carbons (Fsp3) is 0.417. The summed E-state index contributed by atoms with van der Waals surface area (Å²) in [7, 11) is 0. The van der Waals surface area contributed by atoms with Gasteiger partial charge in [0.1, 0.15) is 5.75 Å². The first-order valence-electron chi connectivity index (χ1n) is 10.2. The molecule has 5 heteroatoms. The summed E-state index contributed by atoms with van der Waals surface area (Å²) < 4.78 is 5.68. The molecule has 0 atom stereocenters. The molecular weight excluding hydrogens is 364 g/mol. The van der Waals surface area contributed by atoms with E-state index in [0.29, 0.717) is 24.4 Å². The van der Waals surface area contributed by atoms with Gasteiger partial charge in [-0.15, -0.1) is 0 Å². The number of hydrogen-bond donors (Lipinski definition) is 1. The summed E-state index contributed by atoms with van der Waals surface area (Å²) in [6, 6.07) is 17.2. The van der Waals surface area contributed by atoms with Crippen molar-refractivity contribution in [1.29, 1.82) is 0 Å². The third-order valence-electron chi connectivity index (χ3n) is 5.30. The van der Waals surface area contributed by atoms with E-state index in [2.05, 4.69) is 26.1 Å². The molecule has 154 valence electrons. The average Bonchev–Trinajstić information content (AvgIpc) is 2.73. The van der Waals surface area contributed by atoms with Gasteiger partial charge in [0.2, 0.25) is 0 Å². The van der Waals surface area contributed by atoms with Crippen LogP contribution in [0.15, 0.2) is 54.6 Å². The van der Waals surface area contributed by atoms with Gasteiger partial charge in [0.25, 0.3) is 11.8 Å². The van der Waals surface area contributed by atoms with Crippen molar-refractivity contribution in [1.82, 2.24) is 10.2 Å². The van der Waals surface area contributed by atoms with E-state index in [1.54, 1.807) is 12.1 Å². The predicted molar refractivity (Wildman–Crippen MR) is 114 cm³/mol. The van der Waals surface area contributed by atoms with Gasteiger partial charge in [-0.2, -0.15) is 0 Å². The zero-order chi connectivity index (χ0) is 20.9. The molecule has 1 N–H and O–H groups in total. The van der Waals surface area contributed by atoms with Crippen LogP contribution >= 0.6 is 0 Å². The van der Waals surface area contributed by atoms with Gasteiger partial charge < -0.3 is 15.0 Å². The number of carbonyl (C=O) groups is 2. The fourth-order valence-corrected chi connectivity index (χ4v) is 3.42. The van der Waals surface area contributed by atoms with Crippen molar-refractivity contribution < 1.29 is 14.3 Å². The van der Waals surface area contributed by atoms with Gasteiger partial charge in [0, 0.05) is 24.7 Å². The van der Waals surface area contributed by atoms with Crippen molar-refractivity contribution >= 4 is 11.8 Å². The Morgan fingerprint density at radius 2 is 1.62 bits per heavy atom. The van der Waals surface area contributed by atoms with E-state index >= 15 is 0 Å². The number of rotatable bonds is 5. The molecule has 1 aliphatic rings. The Labute approximate surface area is 173 Å². The first-order valence-corrected chi connectivity index (χ1v) is 10.2. The van der Waals surface area contributed by atoms with E-state index in [9.17, 15) is 9.59 Å². The van der Waals surface area contributed by atoms with E-state index in [1.807, 2.05) is 47.4 Å². The molecule has 29 heavy (non-hydrogen) atoms. The molecule has 0 saturated carbocycles. The maximum absolute atomic E-state index is 12.5. The molecule has 0 aromatic heterocycles. The highest BCUT2D eigenvalue weighted by molar-refractivity contribution is 5.94. The van der Waals surface area contributed by atoms with E-state index in [1.165, 1.54) is 5.56 Å². The lowest BCUT2D eigenvalue weighted by Gasteiger charge is -2.32. The van der Waals surface area contributed by atoms with E-state index < -0.39 is 0 Å². The topological polar surface area (TPSA) is 58.6 Å². The lowest BCUT2D eigenvalue weighted by Crippen LogP contribution is -2.47. The lowest BCUT2D eigenvalue weighted by atomic mass is 9.87. The Morgan fingerprint density at radius 3 is 2.21 bits per heavy atom. The third-order valence-corrected chi connectivity index (χ3v) is 5.30. The van der Waals surface area contributed by atoms with Crippen molar-refractivity contribution in [2.24, 2.45) is 0 Å². The maximum Gasteiger partial charge on any atom is 0.260 e. The van der Waals surface area contributed by atoms with E-state index in [0.717, 1.165) is 12.8 Å². The molecule has 0 unspecified atom stereocenters. The Bertz CT molecular complexity index is 817. The zero-order valence-corrected chi connectivity index (χ0v) is 17.5. The molecule has 5 nitrogen and oxygen atoms in total. The van der Waals surface area contributed by atoms with Crippen LogP contribution in [0.1, 0.15) is 49.5 Å². The molecular formula is C24H30N2O3. The van der Waals surface area contributed by atoms with Crippen molar-refractivity contribution in [3.63, 3.8) is 0 Å². The van der Waals surface area contributed by atoms with Crippen molar-refractivity contribution in [2.75, 3.05) is 19.7 Å². The summed E-state index contributed by atoms with van der Waals surface area (Å²) in [6.45, 7) is 7.79. The number of nitrogens with zero attached hydrogens (tertiary/aromatic N) is 1. The van der Waals surface area contributed by atoms with Crippen LogP contribution < -0.4 is 10.1 Å². The van der Waals surface area contributed by atoms with E-state index in [4.69, 9.17) is 4.74 Å². The highest BCUT2D eigenvalue weighted by atomic mass is 16.5. The van der Waals surface area contributed by atoms with Crippen LogP contribution in [0.3, 0.4) is 0 Å². The predicted octanol–water partition coefficient (Wildman–Crippen LogP) is 3.78. The number of carbonyl (C=O) groups excluding carboxylic acids is 2. The molecule has 1 heterocycles. The summed E-state index contributed by atoms with van der Waals surface area (Å²) in [4.78, 5) is 26.5. The number of nitrogens with one attached hydrogen (secondary N) is 1. The Morgan fingerprint density at radius 1 is 1.00 bits per heavy atom. The van der Waals surface area contributed by atoms with Crippen molar-refractivity contribution in [3.05, 3.63) is 65.7 Å². The number of hydrogen-bond acceptors (Lipinski definition) is 3. The molecule has 1 aliphatic heterocycles. The van der Waals surface area contributed by atoms with Crippen LogP contribution in [0.4, 0.5) is 0 Å². The highest BCUT2D eigenvalue weighted by Crippen LogP contribution is 2.24. The Kier molecular flexibility index (Phi) is 6.57. The van der Waals surface area contributed by atoms with E-state index in [-0.39, 0.29) is 29.9 Å². The minimum atomic E-state index is -0.0580. The SMILES string of the molecule is CC(C)(C)c1ccc(OCC(=O)N2CCC(NC(=O)c3ccccc3)CC2)cc1. The summed E-state index contributed by atoms with van der Waals surface area (Å²) in [5.74, 6) is 0.631. The molecule has 0 bridgehead atoms. The third kappa shape index (κ3) is 5.83. The molecule has 0 aliphatic carbocycles. The number of ether oxygens (including phenoxy) is 1. The molecule has 2 aromatic carbocycles. The van der Waals surface area contributed by atoms with Crippen molar-refractivity contribution in [2.45, 2.75) is 45.1 Å². The van der Waals surface area contributed by atoms with Crippen LogP contribution in [-0.2, 0) is 10.2 Å². The van der Waals surface area contributed by atoms with Crippen LogP contribution in [0.25, 0.3) is 0 Å². The number of likely N-dealkylation sites (tertiary alicyclic amines) is 1. The normalized spacial score (nSPS) is 15.1. The summed E-state index contributed by atoms with van der Waals surface area (Å²) in [5.41, 5.74) is 1.99. The summed E-state index contributed by atoms with van der Waals surface area (Å²) in [5, 5.41) is 3.06. The second-order valence-corrected chi connectivity index (χ2v) is 8.56. The Balaban J connectivity index is 1.42. The first kappa shape index (κ1) is 20.9. The largest absolute Gasteiger partial charge is 0.484 e. The van der Waals surface area contributed by atoms with Gasteiger partial charge in [0.15, 0.2) is 6.61 Å². The second-order valence-electron chi connectivity index (χ2n) is 8.56. The zero-order valence-electron chi connectivity index (χ0n) is 17.5. The molecule has 0 radical (unpaired) electrons. The van der Waals surface area contributed by atoms with Gasteiger partial charge in [-0.1, -0.05) is 51.1 Å². The summed E-state index contributed by atoms with van der Waals surface area (Å²) in [6.07, 6.45) is 1.51. The van der Waals surface area contributed by atoms with Crippen LogP contribution in [0, 0.1) is 0 Å². The maximum atomic E-state index is 12.5. The fourth-order valence-electron chi connectivity index (χ4n) is 3.42. The van der Waals surface area contributed by atoms with Gasteiger partial charge in [-0.25, -0.2) is 0 Å². The molecule has 0 spiro atoms. The molecule has 1 fully saturated rings. The van der Waals surface area contributed by atoms with Gasteiger partial charge >= 0.3 is 0 Å². The molecule has 3 rings (SSSR count). The van der Waals surface area contributed by atoms with Crippen LogP contribution in [0.5, 0.6) is 5.75 Å². The molecule has 2 amide bonds. The molecule has 1 saturated heterocycles. The number of piperidine rings is 1. The highest BCUT2D eigenvalue weighted by Gasteiger charge is 2.24. The van der Waals surface area contributed by atoms with Crippen LogP contribution in [0.2, 0.25) is 0 Å². The quantitative estimate of drug-likeness (QED) is 0.840. The van der Waals surface area contributed by atoms with Crippen molar-refractivity contribution in [3.8, 4) is 5.75 Å². The molecule has 2 aromatic rings. The number of benzene rings is 2. The monoisotopic (exact) mass is 394 g/mol. The van der Waals surface area contributed by atoms with Gasteiger partial charge in [-0.05, 0) is 48.1 Å².